The molecule has 4 nitrogen and oxygen atoms in total. The summed E-state index contributed by atoms with van der Waals surface area (Å²) in [6.07, 6.45) is 3.45. The molecule has 2 N–H and O–H groups in total. The van der Waals surface area contributed by atoms with Gasteiger partial charge in [-0.15, -0.1) is 11.8 Å². The van der Waals surface area contributed by atoms with E-state index in [1.807, 2.05) is 12.1 Å². The highest BCUT2D eigenvalue weighted by molar-refractivity contribution is 8.03. The Bertz CT molecular complexity index is 711. The van der Waals surface area contributed by atoms with Crippen LogP contribution in [0.4, 0.5) is 0 Å². The molecule has 0 spiro atoms. The zero-order valence-electron chi connectivity index (χ0n) is 11.7. The lowest BCUT2D eigenvalue weighted by Crippen LogP contribution is -2.41. The highest BCUT2D eigenvalue weighted by Gasteiger charge is 2.44. The van der Waals surface area contributed by atoms with Crippen LogP contribution in [0.1, 0.15) is 11.1 Å². The van der Waals surface area contributed by atoms with Gasteiger partial charge in [0.25, 0.3) is 0 Å². The lowest BCUT2D eigenvalue weighted by atomic mass is 10.0. The van der Waals surface area contributed by atoms with Crippen molar-refractivity contribution in [2.75, 3.05) is 5.75 Å². The number of rotatable bonds is 3. The van der Waals surface area contributed by atoms with E-state index < -0.39 is 5.72 Å². The monoisotopic (exact) mass is 334 g/mol. The van der Waals surface area contributed by atoms with E-state index in [9.17, 15) is 10.2 Å². The van der Waals surface area contributed by atoms with Gasteiger partial charge < -0.3 is 15.1 Å². The second-order valence-electron chi connectivity index (χ2n) is 5.11. The van der Waals surface area contributed by atoms with Crippen molar-refractivity contribution >= 4 is 23.4 Å². The van der Waals surface area contributed by atoms with Crippen LogP contribution < -0.4 is 0 Å². The minimum absolute atomic E-state index is 0.0124. The average molecular weight is 335 g/mol. The van der Waals surface area contributed by atoms with Gasteiger partial charge in [-0.25, -0.2) is 0 Å². The Hall–Kier alpha value is -1.69. The Kier molecular flexibility index (Phi) is 4.04. The van der Waals surface area contributed by atoms with Gasteiger partial charge in [-0.1, -0.05) is 24.2 Å². The van der Waals surface area contributed by atoms with Crippen LogP contribution in [0.25, 0.3) is 0 Å². The van der Waals surface area contributed by atoms with E-state index in [-0.39, 0.29) is 5.75 Å². The van der Waals surface area contributed by atoms with Crippen molar-refractivity contribution in [3.05, 3.63) is 70.5 Å². The summed E-state index contributed by atoms with van der Waals surface area (Å²) in [4.78, 5) is 5.85. The summed E-state index contributed by atoms with van der Waals surface area (Å²) in [5, 5.41) is 22.5. The van der Waals surface area contributed by atoms with E-state index in [0.29, 0.717) is 22.9 Å². The van der Waals surface area contributed by atoms with Crippen LogP contribution in [0, 0.1) is 0 Å². The van der Waals surface area contributed by atoms with E-state index in [4.69, 9.17) is 11.6 Å². The van der Waals surface area contributed by atoms with E-state index in [2.05, 4.69) is 11.6 Å². The van der Waals surface area contributed by atoms with Crippen LogP contribution in [0.15, 0.2) is 54.3 Å². The normalized spacial score (nSPS) is 21.4. The molecular formula is C16H15ClN2O2S. The zero-order chi connectivity index (χ0) is 15.7. The van der Waals surface area contributed by atoms with Gasteiger partial charge in [-0.05, 0) is 29.8 Å². The van der Waals surface area contributed by atoms with E-state index >= 15 is 0 Å². The lowest BCUT2D eigenvalue weighted by molar-refractivity contribution is -0.0696. The molecule has 0 amide bonds. The Morgan fingerprint density at radius 2 is 2.23 bits per heavy atom. The van der Waals surface area contributed by atoms with Crippen LogP contribution in [0.2, 0.25) is 5.02 Å². The number of phenolic OH excluding ortho intramolecular Hbond substituents is 1. The van der Waals surface area contributed by atoms with Crippen molar-refractivity contribution < 1.29 is 10.2 Å². The zero-order valence-corrected chi connectivity index (χ0v) is 13.3. The fourth-order valence-electron chi connectivity index (χ4n) is 2.49. The molecule has 6 heteroatoms. The number of hydrogen-bond donors (Lipinski definition) is 2. The number of nitrogens with zero attached hydrogens (tertiary/aromatic N) is 2. The van der Waals surface area contributed by atoms with Gasteiger partial charge in [0.2, 0.25) is 0 Å². The fourth-order valence-corrected chi connectivity index (χ4v) is 3.71. The highest BCUT2D eigenvalue weighted by atomic mass is 35.5. The number of hydrogen-bond acceptors (Lipinski definition) is 5. The molecular weight excluding hydrogens is 320 g/mol. The molecule has 114 valence electrons. The molecule has 0 aliphatic carbocycles. The molecule has 22 heavy (non-hydrogen) atoms. The quantitative estimate of drug-likeness (QED) is 0.902. The van der Waals surface area contributed by atoms with E-state index in [1.54, 1.807) is 29.4 Å². The van der Waals surface area contributed by atoms with Crippen molar-refractivity contribution in [1.82, 2.24) is 9.88 Å². The first-order valence-corrected chi connectivity index (χ1v) is 8.07. The number of aromatic nitrogens is 1. The predicted octanol–water partition coefficient (Wildman–Crippen LogP) is 3.31. The van der Waals surface area contributed by atoms with Crippen LogP contribution in [0.3, 0.4) is 0 Å². The molecule has 1 aliphatic rings. The molecule has 0 saturated carbocycles. The van der Waals surface area contributed by atoms with Crippen molar-refractivity contribution in [1.29, 1.82) is 0 Å². The Morgan fingerprint density at radius 1 is 1.41 bits per heavy atom. The summed E-state index contributed by atoms with van der Waals surface area (Å²) in [6.45, 7) is 4.45. The van der Waals surface area contributed by atoms with Crippen LogP contribution in [-0.2, 0) is 12.3 Å². The Balaban J connectivity index is 2.00. The maximum atomic E-state index is 11.2. The van der Waals surface area contributed by atoms with Gasteiger partial charge in [-0.2, -0.15) is 0 Å². The van der Waals surface area contributed by atoms with Crippen molar-refractivity contribution in [2.24, 2.45) is 0 Å². The van der Waals surface area contributed by atoms with Gasteiger partial charge in [0.15, 0.2) is 5.72 Å². The molecule has 1 unspecified atom stereocenters. The molecule has 1 aromatic carbocycles. The lowest BCUT2D eigenvalue weighted by Gasteiger charge is -2.35. The number of aromatic hydroxyl groups is 1. The summed E-state index contributed by atoms with van der Waals surface area (Å²) in [7, 11) is 0. The van der Waals surface area contributed by atoms with Crippen LogP contribution in [-0.4, -0.2) is 25.8 Å². The van der Waals surface area contributed by atoms with Gasteiger partial charge in [0, 0.05) is 29.5 Å². The highest BCUT2D eigenvalue weighted by Crippen LogP contribution is 2.47. The Labute approximate surface area is 138 Å². The molecule has 3 rings (SSSR count). The second-order valence-corrected chi connectivity index (χ2v) is 6.59. The molecule has 1 aromatic heterocycles. The molecule has 2 aromatic rings. The third-order valence-electron chi connectivity index (χ3n) is 3.64. The smallest absolute Gasteiger partial charge is 0.178 e. The number of phenols is 1. The van der Waals surface area contributed by atoms with Crippen LogP contribution in [0.5, 0.6) is 5.75 Å². The summed E-state index contributed by atoms with van der Waals surface area (Å²) in [5.41, 5.74) is -0.0202. The number of benzene rings is 1. The largest absolute Gasteiger partial charge is 0.507 e. The first-order chi connectivity index (χ1) is 10.5. The average Bonchev–Trinajstić information content (AvgIpc) is 2.80. The predicted molar refractivity (Wildman–Crippen MR) is 88.4 cm³/mol. The summed E-state index contributed by atoms with van der Waals surface area (Å²) in [6, 6.07) is 8.45. The summed E-state index contributed by atoms with van der Waals surface area (Å²) < 4.78 is 0. The number of halogens is 1. The minimum atomic E-state index is -1.35. The molecule has 1 saturated heterocycles. The molecule has 1 fully saturated rings. The van der Waals surface area contributed by atoms with E-state index in [1.165, 1.54) is 17.8 Å². The third kappa shape index (κ3) is 2.67. The number of pyridine rings is 1. The molecule has 1 atom stereocenters. The number of thioether (sulfide) groups is 1. The molecule has 1 aliphatic heterocycles. The standard InChI is InChI=1S/C16H15ClN2O2S/c1-11-19(9-12-3-2-6-18-8-12)16(21,10-22-11)14-7-13(17)4-5-15(14)20/h2-8,20-21H,1,9-10H2. The summed E-state index contributed by atoms with van der Waals surface area (Å²) >= 11 is 7.47. The molecule has 2 heterocycles. The number of aliphatic hydroxyl groups is 1. The first kappa shape index (κ1) is 15.2. The van der Waals surface area contributed by atoms with E-state index in [0.717, 1.165) is 10.6 Å². The molecule has 0 radical (unpaired) electrons. The Morgan fingerprint density at radius 3 is 2.95 bits per heavy atom. The van der Waals surface area contributed by atoms with Crippen molar-refractivity contribution in [3.63, 3.8) is 0 Å². The summed E-state index contributed by atoms with van der Waals surface area (Å²) in [5.74, 6) is 0.387. The van der Waals surface area contributed by atoms with Crippen LogP contribution >= 0.6 is 23.4 Å². The minimum Gasteiger partial charge on any atom is -0.507 e. The van der Waals surface area contributed by atoms with Gasteiger partial charge >= 0.3 is 0 Å². The maximum Gasteiger partial charge on any atom is 0.178 e. The SMILES string of the molecule is C=C1SCC(O)(c2cc(Cl)ccc2O)N1Cc1cccnc1. The van der Waals surface area contributed by atoms with Gasteiger partial charge in [0.1, 0.15) is 5.75 Å². The fraction of sp³-hybridized carbons (Fsp3) is 0.188. The second kappa shape index (κ2) is 5.83. The van der Waals surface area contributed by atoms with Crippen molar-refractivity contribution in [3.8, 4) is 5.75 Å². The molecule has 0 bridgehead atoms. The van der Waals surface area contributed by atoms with Gasteiger partial charge in [0.05, 0.1) is 10.8 Å². The van der Waals surface area contributed by atoms with Crippen molar-refractivity contribution in [2.45, 2.75) is 12.3 Å². The first-order valence-electron chi connectivity index (χ1n) is 6.70. The maximum absolute atomic E-state index is 11.2. The topological polar surface area (TPSA) is 56.6 Å². The third-order valence-corrected chi connectivity index (χ3v) is 4.98. The van der Waals surface area contributed by atoms with Gasteiger partial charge in [-0.3, -0.25) is 4.98 Å².